The number of carbonyl (C=O) groups excluding carboxylic acids is 1. The van der Waals surface area contributed by atoms with Crippen LogP contribution < -0.4 is 10.5 Å². The lowest BCUT2D eigenvalue weighted by atomic mass is 10.3. The van der Waals surface area contributed by atoms with Crippen molar-refractivity contribution < 1.29 is 13.9 Å². The molecule has 0 aliphatic rings. The van der Waals surface area contributed by atoms with Crippen LogP contribution in [0, 0.1) is 0 Å². The predicted molar refractivity (Wildman–Crippen MR) is 48.7 cm³/mol. The van der Waals surface area contributed by atoms with Crippen LogP contribution >= 0.6 is 0 Å². The third-order valence-corrected chi connectivity index (χ3v) is 1.61. The van der Waals surface area contributed by atoms with Gasteiger partial charge in [-0.25, -0.2) is 0 Å². The van der Waals surface area contributed by atoms with Crippen LogP contribution in [-0.4, -0.2) is 17.5 Å². The molecule has 0 unspecified atom stereocenters. The first-order valence-electron chi connectivity index (χ1n) is 4.02. The Kier molecular flexibility index (Phi) is 2.06. The summed E-state index contributed by atoms with van der Waals surface area (Å²) in [6.45, 7) is -0.229. The van der Waals surface area contributed by atoms with Crippen LogP contribution in [-0.2, 0) is 4.79 Å². The molecule has 2 rings (SSSR count). The van der Waals surface area contributed by atoms with Gasteiger partial charge in [0, 0.05) is 0 Å². The number of primary amides is 1. The molecule has 0 atom stereocenters. The summed E-state index contributed by atoms with van der Waals surface area (Å²) in [5.74, 6) is -0.563. The van der Waals surface area contributed by atoms with Crippen molar-refractivity contribution in [1.29, 1.82) is 0 Å². The second-order valence-electron chi connectivity index (χ2n) is 2.70. The van der Waals surface area contributed by atoms with Gasteiger partial charge in [0.15, 0.2) is 12.2 Å². The summed E-state index contributed by atoms with van der Waals surface area (Å²) in [6.07, 6.45) is 0.0602. The summed E-state index contributed by atoms with van der Waals surface area (Å²) >= 11 is 0. The second kappa shape index (κ2) is 3.37. The standard InChI is InChI=1S/C9H8N2O3/c10-8(12)5-13-9-11-6-3-1-2-4-7(6)14-9/h1-4H,5H2,(H2,10,12). The van der Waals surface area contributed by atoms with Crippen LogP contribution in [0.5, 0.6) is 6.08 Å². The van der Waals surface area contributed by atoms with E-state index >= 15 is 0 Å². The highest BCUT2D eigenvalue weighted by molar-refractivity contribution is 5.75. The van der Waals surface area contributed by atoms with Crippen molar-refractivity contribution in [3.8, 4) is 6.08 Å². The zero-order valence-electron chi connectivity index (χ0n) is 7.27. The van der Waals surface area contributed by atoms with Crippen molar-refractivity contribution in [2.75, 3.05) is 6.61 Å². The highest BCUT2D eigenvalue weighted by Crippen LogP contribution is 2.19. The van der Waals surface area contributed by atoms with E-state index in [2.05, 4.69) is 4.98 Å². The van der Waals surface area contributed by atoms with E-state index in [9.17, 15) is 4.79 Å². The van der Waals surface area contributed by atoms with Crippen LogP contribution in [0.3, 0.4) is 0 Å². The maximum absolute atomic E-state index is 10.4. The molecule has 0 spiro atoms. The van der Waals surface area contributed by atoms with Crippen LogP contribution in [0.15, 0.2) is 28.7 Å². The lowest BCUT2D eigenvalue weighted by Gasteiger charge is -1.94. The zero-order valence-corrected chi connectivity index (χ0v) is 7.27. The van der Waals surface area contributed by atoms with Crippen molar-refractivity contribution in [1.82, 2.24) is 4.98 Å². The van der Waals surface area contributed by atoms with Gasteiger partial charge in [0.1, 0.15) is 5.52 Å². The minimum absolute atomic E-state index is 0.0602. The van der Waals surface area contributed by atoms with E-state index in [0.29, 0.717) is 11.1 Å². The molecule has 1 amide bonds. The fourth-order valence-corrected chi connectivity index (χ4v) is 1.05. The van der Waals surface area contributed by atoms with Gasteiger partial charge in [-0.1, -0.05) is 12.1 Å². The third-order valence-electron chi connectivity index (χ3n) is 1.61. The lowest BCUT2D eigenvalue weighted by molar-refractivity contribution is -0.120. The van der Waals surface area contributed by atoms with Crippen molar-refractivity contribution >= 4 is 17.0 Å². The third kappa shape index (κ3) is 1.66. The van der Waals surface area contributed by atoms with E-state index < -0.39 is 5.91 Å². The molecule has 14 heavy (non-hydrogen) atoms. The summed E-state index contributed by atoms with van der Waals surface area (Å²) in [6, 6.07) is 7.21. The average Bonchev–Trinajstić information content (AvgIpc) is 2.57. The quantitative estimate of drug-likeness (QED) is 0.776. The van der Waals surface area contributed by atoms with E-state index in [-0.39, 0.29) is 12.7 Å². The number of amides is 1. The fraction of sp³-hybridized carbons (Fsp3) is 0.111. The smallest absolute Gasteiger partial charge is 0.395 e. The molecule has 5 nitrogen and oxygen atoms in total. The number of rotatable bonds is 3. The number of benzene rings is 1. The second-order valence-corrected chi connectivity index (χ2v) is 2.70. The van der Waals surface area contributed by atoms with Crippen molar-refractivity contribution in [3.63, 3.8) is 0 Å². The molecule has 5 heteroatoms. The molecule has 0 aliphatic carbocycles. The van der Waals surface area contributed by atoms with Gasteiger partial charge in [0.25, 0.3) is 5.91 Å². The Morgan fingerprint density at radius 2 is 2.29 bits per heavy atom. The largest absolute Gasteiger partial charge is 0.440 e. The maximum Gasteiger partial charge on any atom is 0.395 e. The van der Waals surface area contributed by atoms with E-state index in [4.69, 9.17) is 14.9 Å². The Balaban J connectivity index is 2.22. The number of oxazole rings is 1. The molecule has 0 fully saturated rings. The Bertz CT molecular complexity index is 431. The number of hydrogen-bond donors (Lipinski definition) is 1. The minimum Gasteiger partial charge on any atom is -0.440 e. The van der Waals surface area contributed by atoms with E-state index in [0.717, 1.165) is 0 Å². The van der Waals surface area contributed by atoms with Crippen LogP contribution in [0.4, 0.5) is 0 Å². The molecule has 0 saturated heterocycles. The summed E-state index contributed by atoms with van der Waals surface area (Å²) in [4.78, 5) is 14.4. The first-order valence-corrected chi connectivity index (χ1v) is 4.02. The summed E-state index contributed by atoms with van der Waals surface area (Å²) < 4.78 is 10.1. The molecule has 2 aromatic rings. The average molecular weight is 192 g/mol. The Morgan fingerprint density at radius 1 is 1.50 bits per heavy atom. The number of fused-ring (bicyclic) bond motifs is 1. The van der Waals surface area contributed by atoms with Crippen LogP contribution in [0.1, 0.15) is 0 Å². The molecule has 72 valence electrons. The Morgan fingerprint density at radius 3 is 3.00 bits per heavy atom. The van der Waals surface area contributed by atoms with Gasteiger partial charge in [-0.15, -0.1) is 0 Å². The van der Waals surface area contributed by atoms with Crippen molar-refractivity contribution in [2.24, 2.45) is 5.73 Å². The summed E-state index contributed by atoms with van der Waals surface area (Å²) in [7, 11) is 0. The topological polar surface area (TPSA) is 78.4 Å². The number of aromatic nitrogens is 1. The van der Waals surface area contributed by atoms with Gasteiger partial charge in [-0.3, -0.25) is 4.79 Å². The molecular formula is C9H8N2O3. The van der Waals surface area contributed by atoms with Gasteiger partial charge in [0.2, 0.25) is 0 Å². The number of para-hydroxylation sites is 2. The van der Waals surface area contributed by atoms with Gasteiger partial charge >= 0.3 is 6.08 Å². The van der Waals surface area contributed by atoms with Gasteiger partial charge < -0.3 is 14.9 Å². The van der Waals surface area contributed by atoms with Gasteiger partial charge in [-0.05, 0) is 12.1 Å². The first kappa shape index (κ1) is 8.55. The van der Waals surface area contributed by atoms with Crippen molar-refractivity contribution in [2.45, 2.75) is 0 Å². The van der Waals surface area contributed by atoms with E-state index in [1.54, 1.807) is 12.1 Å². The summed E-state index contributed by atoms with van der Waals surface area (Å²) in [5, 5.41) is 0. The Hall–Kier alpha value is -2.04. The number of nitrogens with zero attached hydrogens (tertiary/aromatic N) is 1. The van der Waals surface area contributed by atoms with Crippen LogP contribution in [0.2, 0.25) is 0 Å². The molecular weight excluding hydrogens is 184 g/mol. The summed E-state index contributed by atoms with van der Waals surface area (Å²) in [5.41, 5.74) is 6.21. The SMILES string of the molecule is NC(=O)COc1nc2ccccc2o1. The predicted octanol–water partition coefficient (Wildman–Crippen LogP) is 0.692. The molecule has 0 radical (unpaired) electrons. The Labute approximate surface area is 79.5 Å². The van der Waals surface area contributed by atoms with E-state index in [1.807, 2.05) is 12.1 Å². The van der Waals surface area contributed by atoms with Crippen molar-refractivity contribution in [3.05, 3.63) is 24.3 Å². The number of nitrogens with two attached hydrogens (primary N) is 1. The number of ether oxygens (including phenoxy) is 1. The lowest BCUT2D eigenvalue weighted by Crippen LogP contribution is -2.20. The molecule has 2 N–H and O–H groups in total. The molecule has 1 aromatic carbocycles. The first-order chi connectivity index (χ1) is 6.75. The molecule has 0 bridgehead atoms. The van der Waals surface area contributed by atoms with Crippen LogP contribution in [0.25, 0.3) is 11.1 Å². The molecule has 0 aliphatic heterocycles. The van der Waals surface area contributed by atoms with Gasteiger partial charge in [0.05, 0.1) is 0 Å². The minimum atomic E-state index is -0.563. The normalized spacial score (nSPS) is 10.3. The maximum atomic E-state index is 10.4. The highest BCUT2D eigenvalue weighted by Gasteiger charge is 2.06. The molecule has 1 heterocycles. The number of carbonyl (C=O) groups is 1. The zero-order chi connectivity index (χ0) is 9.97. The number of hydrogen-bond acceptors (Lipinski definition) is 4. The van der Waals surface area contributed by atoms with Gasteiger partial charge in [-0.2, -0.15) is 4.98 Å². The van der Waals surface area contributed by atoms with E-state index in [1.165, 1.54) is 0 Å². The molecule has 0 saturated carbocycles. The monoisotopic (exact) mass is 192 g/mol. The highest BCUT2D eigenvalue weighted by atomic mass is 16.6. The fourth-order valence-electron chi connectivity index (χ4n) is 1.05. The molecule has 1 aromatic heterocycles.